The van der Waals surface area contributed by atoms with Gasteiger partial charge in [-0.05, 0) is 19.1 Å². The molecular weight excluding hydrogens is 393 g/mol. The van der Waals surface area contributed by atoms with Crippen LogP contribution in [0.5, 0.6) is 0 Å². The normalized spacial score (nSPS) is 16.1. The molecule has 6 nitrogen and oxygen atoms in total. The number of rotatable bonds is 4. The summed E-state index contributed by atoms with van der Waals surface area (Å²) >= 11 is 0.815. The Morgan fingerprint density at radius 1 is 1.18 bits per heavy atom. The molecule has 0 bridgehead atoms. The molecule has 0 spiro atoms. The Kier molecular flexibility index (Phi) is 5.97. The number of aromatic amines is 1. The molecule has 2 aromatic rings. The molecule has 0 saturated carbocycles. The van der Waals surface area contributed by atoms with Crippen LogP contribution in [0.3, 0.4) is 0 Å². The van der Waals surface area contributed by atoms with Crippen LogP contribution in [0.15, 0.2) is 46.3 Å². The molecule has 3 rings (SSSR count). The number of hydrogen-bond acceptors (Lipinski definition) is 5. The van der Waals surface area contributed by atoms with Gasteiger partial charge in [-0.3, -0.25) is 9.59 Å². The highest BCUT2D eigenvalue weighted by Gasteiger charge is 2.34. The molecule has 0 radical (unpaired) electrons. The number of hydrogen-bond donors (Lipinski definition) is 1. The van der Waals surface area contributed by atoms with Gasteiger partial charge in [-0.1, -0.05) is 30.0 Å². The molecule has 2 heterocycles. The van der Waals surface area contributed by atoms with Crippen LogP contribution >= 0.6 is 11.8 Å². The number of thioether (sulfide) groups is 1. The minimum atomic E-state index is -4.72. The highest BCUT2D eigenvalue weighted by atomic mass is 32.2. The summed E-state index contributed by atoms with van der Waals surface area (Å²) < 4.78 is 38.4. The van der Waals surface area contributed by atoms with Crippen LogP contribution in [0, 0.1) is 0 Å². The Morgan fingerprint density at radius 2 is 1.82 bits per heavy atom. The van der Waals surface area contributed by atoms with Crippen LogP contribution in [0.2, 0.25) is 0 Å². The molecule has 0 aliphatic carbocycles. The second-order valence-corrected chi connectivity index (χ2v) is 7.67. The number of nitrogens with one attached hydrogen (secondary N) is 1. The highest BCUT2D eigenvalue weighted by Crippen LogP contribution is 2.29. The molecule has 1 fully saturated rings. The highest BCUT2D eigenvalue weighted by molar-refractivity contribution is 8.00. The number of halogens is 3. The lowest BCUT2D eigenvalue weighted by Gasteiger charge is -2.37. The third kappa shape index (κ3) is 4.86. The average molecular weight is 412 g/mol. The Bertz CT molecular complexity index is 880. The molecule has 1 aliphatic rings. The second kappa shape index (κ2) is 8.26. The first-order valence-electron chi connectivity index (χ1n) is 8.68. The number of para-hydroxylation sites is 1. The molecule has 1 atom stereocenters. The van der Waals surface area contributed by atoms with Crippen molar-refractivity contribution in [1.82, 2.24) is 14.9 Å². The van der Waals surface area contributed by atoms with Gasteiger partial charge < -0.3 is 14.8 Å². The van der Waals surface area contributed by atoms with Crippen LogP contribution in [0.25, 0.3) is 0 Å². The van der Waals surface area contributed by atoms with E-state index in [4.69, 9.17) is 0 Å². The number of amides is 1. The molecule has 1 saturated heterocycles. The number of carbonyl (C=O) groups excluding carboxylic acids is 1. The smallest absolute Gasteiger partial charge is 0.368 e. The fourth-order valence-electron chi connectivity index (χ4n) is 2.94. The Labute approximate surface area is 163 Å². The van der Waals surface area contributed by atoms with E-state index in [1.54, 1.807) is 11.8 Å². The van der Waals surface area contributed by atoms with Crippen LogP contribution < -0.4 is 10.5 Å². The summed E-state index contributed by atoms with van der Waals surface area (Å²) in [6.07, 6.45) is -4.72. The van der Waals surface area contributed by atoms with E-state index < -0.39 is 22.7 Å². The van der Waals surface area contributed by atoms with Gasteiger partial charge in [-0.25, -0.2) is 4.98 Å². The van der Waals surface area contributed by atoms with Gasteiger partial charge in [0.2, 0.25) is 5.91 Å². The van der Waals surface area contributed by atoms with Crippen molar-refractivity contribution in [2.24, 2.45) is 0 Å². The zero-order valence-electron chi connectivity index (χ0n) is 15.1. The number of benzene rings is 1. The third-order valence-corrected chi connectivity index (χ3v) is 5.33. The van der Waals surface area contributed by atoms with Gasteiger partial charge >= 0.3 is 6.18 Å². The first kappa shape index (κ1) is 20.2. The van der Waals surface area contributed by atoms with Crippen molar-refractivity contribution in [3.63, 3.8) is 0 Å². The van der Waals surface area contributed by atoms with E-state index in [0.717, 1.165) is 17.4 Å². The predicted molar refractivity (Wildman–Crippen MR) is 100 cm³/mol. The third-order valence-electron chi connectivity index (χ3n) is 4.36. The SMILES string of the molecule is CC(Sc1nc(C(F)(F)F)cc(=O)[nH]1)C(=O)N1CCN(c2ccccc2)CC1. The molecule has 28 heavy (non-hydrogen) atoms. The molecule has 1 unspecified atom stereocenters. The van der Waals surface area contributed by atoms with Crippen molar-refractivity contribution in [1.29, 1.82) is 0 Å². The number of aromatic nitrogens is 2. The van der Waals surface area contributed by atoms with Crippen molar-refractivity contribution in [2.75, 3.05) is 31.1 Å². The van der Waals surface area contributed by atoms with E-state index in [2.05, 4.69) is 14.9 Å². The summed E-state index contributed by atoms with van der Waals surface area (Å²) in [6, 6.07) is 10.3. The Morgan fingerprint density at radius 3 is 2.43 bits per heavy atom. The monoisotopic (exact) mass is 412 g/mol. The first-order valence-corrected chi connectivity index (χ1v) is 9.56. The van der Waals surface area contributed by atoms with E-state index in [1.807, 2.05) is 30.3 Å². The molecule has 1 N–H and O–H groups in total. The number of piperazine rings is 1. The summed E-state index contributed by atoms with van der Waals surface area (Å²) in [6.45, 7) is 3.98. The summed E-state index contributed by atoms with van der Waals surface area (Å²) in [5, 5.41) is -0.890. The van der Waals surface area contributed by atoms with E-state index in [-0.39, 0.29) is 11.1 Å². The molecular formula is C18H19F3N4O2S. The number of anilines is 1. The Hall–Kier alpha value is -2.49. The van der Waals surface area contributed by atoms with Crippen molar-refractivity contribution >= 4 is 23.4 Å². The largest absolute Gasteiger partial charge is 0.433 e. The van der Waals surface area contributed by atoms with Crippen molar-refractivity contribution in [3.05, 3.63) is 52.4 Å². The zero-order valence-corrected chi connectivity index (χ0v) is 15.9. The van der Waals surface area contributed by atoms with Gasteiger partial charge in [0.05, 0.1) is 5.25 Å². The quantitative estimate of drug-likeness (QED) is 0.618. The zero-order chi connectivity index (χ0) is 20.3. The lowest BCUT2D eigenvalue weighted by molar-refractivity contribution is -0.141. The molecule has 150 valence electrons. The van der Waals surface area contributed by atoms with Crippen LogP contribution in [-0.2, 0) is 11.0 Å². The van der Waals surface area contributed by atoms with E-state index in [9.17, 15) is 22.8 Å². The molecule has 10 heteroatoms. The predicted octanol–water partition coefficient (Wildman–Crippen LogP) is 2.62. The lowest BCUT2D eigenvalue weighted by atomic mass is 10.2. The number of alkyl halides is 3. The second-order valence-electron chi connectivity index (χ2n) is 6.34. The number of nitrogens with zero attached hydrogens (tertiary/aromatic N) is 3. The van der Waals surface area contributed by atoms with Gasteiger partial charge in [-0.2, -0.15) is 13.2 Å². The molecule has 1 amide bonds. The maximum Gasteiger partial charge on any atom is 0.433 e. The lowest BCUT2D eigenvalue weighted by Crippen LogP contribution is -2.50. The van der Waals surface area contributed by atoms with Gasteiger partial charge in [0.1, 0.15) is 0 Å². The van der Waals surface area contributed by atoms with Crippen LogP contribution in [0.4, 0.5) is 18.9 Å². The molecule has 1 aromatic heterocycles. The molecule has 1 aliphatic heterocycles. The summed E-state index contributed by atoms with van der Waals surface area (Å²) in [5.41, 5.74) is -1.08. The fourth-order valence-corrected chi connectivity index (χ4v) is 3.83. The van der Waals surface area contributed by atoms with E-state index >= 15 is 0 Å². The van der Waals surface area contributed by atoms with E-state index in [0.29, 0.717) is 32.2 Å². The van der Waals surface area contributed by atoms with Crippen LogP contribution in [-0.4, -0.2) is 52.2 Å². The summed E-state index contributed by atoms with van der Waals surface area (Å²) in [5.74, 6) is -0.197. The van der Waals surface area contributed by atoms with Crippen LogP contribution in [0.1, 0.15) is 12.6 Å². The minimum absolute atomic E-state index is 0.197. The van der Waals surface area contributed by atoms with Crippen molar-refractivity contribution < 1.29 is 18.0 Å². The maximum atomic E-state index is 12.8. The average Bonchev–Trinajstić information content (AvgIpc) is 2.67. The van der Waals surface area contributed by atoms with Gasteiger partial charge in [0, 0.05) is 37.9 Å². The van der Waals surface area contributed by atoms with Crippen molar-refractivity contribution in [3.8, 4) is 0 Å². The maximum absolute atomic E-state index is 12.8. The molecule has 1 aromatic carbocycles. The Balaban J connectivity index is 1.61. The van der Waals surface area contributed by atoms with Crippen molar-refractivity contribution in [2.45, 2.75) is 23.5 Å². The standard InChI is InChI=1S/C18H19F3N4O2S/c1-12(28-17-22-14(18(19,20)21)11-15(26)23-17)16(27)25-9-7-24(8-10-25)13-5-3-2-4-6-13/h2-6,11-12H,7-10H2,1H3,(H,22,23,26). The topological polar surface area (TPSA) is 69.3 Å². The summed E-state index contributed by atoms with van der Waals surface area (Å²) in [4.78, 5) is 33.7. The van der Waals surface area contributed by atoms with Gasteiger partial charge in [-0.15, -0.1) is 0 Å². The number of H-pyrrole nitrogens is 1. The van der Waals surface area contributed by atoms with E-state index in [1.165, 1.54) is 0 Å². The van der Waals surface area contributed by atoms with Gasteiger partial charge in [0.15, 0.2) is 10.9 Å². The fraction of sp³-hybridized carbons (Fsp3) is 0.389. The minimum Gasteiger partial charge on any atom is -0.368 e. The number of carbonyl (C=O) groups is 1. The summed E-state index contributed by atoms with van der Waals surface area (Å²) in [7, 11) is 0. The van der Waals surface area contributed by atoms with Gasteiger partial charge in [0.25, 0.3) is 5.56 Å². The first-order chi connectivity index (χ1) is 13.2.